The van der Waals surface area contributed by atoms with Gasteiger partial charge in [-0.3, -0.25) is 14.6 Å². The normalized spacial score (nSPS) is 22.1. The quantitative estimate of drug-likeness (QED) is 0.788. The molecule has 1 amide bonds. The Balaban J connectivity index is 1.63. The van der Waals surface area contributed by atoms with E-state index in [1.165, 1.54) is 12.1 Å². The van der Waals surface area contributed by atoms with Gasteiger partial charge in [-0.05, 0) is 29.8 Å². The number of ether oxygens (including phenoxy) is 1. The van der Waals surface area contributed by atoms with Gasteiger partial charge in [0.2, 0.25) is 5.91 Å². The average molecular weight is 419 g/mol. The molecule has 3 heterocycles. The SMILES string of the molecule is O=C1CN=C(c2cccn(C[C@@H]3CNCCO[C@H]3c3ccc(Cl)c(F)c3)c2=O)N1. The number of hydrogen-bond donors (Lipinski definition) is 2. The van der Waals surface area contributed by atoms with Crippen molar-refractivity contribution >= 4 is 23.3 Å². The first kappa shape index (κ1) is 19.8. The second-order valence-electron chi connectivity index (χ2n) is 7.02. The van der Waals surface area contributed by atoms with E-state index in [2.05, 4.69) is 15.6 Å². The number of carbonyl (C=O) groups is 1. The van der Waals surface area contributed by atoms with Crippen LogP contribution in [0.4, 0.5) is 4.39 Å². The predicted molar refractivity (Wildman–Crippen MR) is 107 cm³/mol. The van der Waals surface area contributed by atoms with E-state index in [0.717, 1.165) is 0 Å². The van der Waals surface area contributed by atoms with E-state index in [1.54, 1.807) is 29.0 Å². The number of pyridine rings is 1. The summed E-state index contributed by atoms with van der Waals surface area (Å²) >= 11 is 5.81. The Labute approximate surface area is 171 Å². The first-order valence-corrected chi connectivity index (χ1v) is 9.72. The fraction of sp³-hybridized carbons (Fsp3) is 0.350. The van der Waals surface area contributed by atoms with E-state index in [-0.39, 0.29) is 29.0 Å². The lowest BCUT2D eigenvalue weighted by molar-refractivity contribution is -0.117. The van der Waals surface area contributed by atoms with Gasteiger partial charge in [0.15, 0.2) is 0 Å². The van der Waals surface area contributed by atoms with Crippen LogP contribution in [0.3, 0.4) is 0 Å². The molecule has 7 nitrogen and oxygen atoms in total. The molecule has 0 aliphatic carbocycles. The van der Waals surface area contributed by atoms with E-state index in [0.29, 0.717) is 43.2 Å². The third-order valence-electron chi connectivity index (χ3n) is 5.03. The highest BCUT2D eigenvalue weighted by Crippen LogP contribution is 2.30. The van der Waals surface area contributed by atoms with Crippen LogP contribution < -0.4 is 16.2 Å². The molecule has 0 bridgehead atoms. The Bertz CT molecular complexity index is 1020. The van der Waals surface area contributed by atoms with Gasteiger partial charge in [-0.25, -0.2) is 4.39 Å². The summed E-state index contributed by atoms with van der Waals surface area (Å²) in [4.78, 5) is 28.5. The third-order valence-corrected chi connectivity index (χ3v) is 5.33. The highest BCUT2D eigenvalue weighted by Gasteiger charge is 2.28. The van der Waals surface area contributed by atoms with E-state index in [1.807, 2.05) is 0 Å². The van der Waals surface area contributed by atoms with Gasteiger partial charge in [-0.1, -0.05) is 17.7 Å². The van der Waals surface area contributed by atoms with Gasteiger partial charge in [-0.2, -0.15) is 0 Å². The first-order chi connectivity index (χ1) is 14.0. The summed E-state index contributed by atoms with van der Waals surface area (Å²) in [6.45, 7) is 2.12. The van der Waals surface area contributed by atoms with Crippen molar-refractivity contribution in [3.8, 4) is 0 Å². The van der Waals surface area contributed by atoms with Crippen molar-refractivity contribution in [2.75, 3.05) is 26.2 Å². The summed E-state index contributed by atoms with van der Waals surface area (Å²) < 4.78 is 21.6. The van der Waals surface area contributed by atoms with Gasteiger partial charge < -0.3 is 19.9 Å². The lowest BCUT2D eigenvalue weighted by Gasteiger charge is -2.26. The van der Waals surface area contributed by atoms with E-state index >= 15 is 0 Å². The van der Waals surface area contributed by atoms with Gasteiger partial charge in [-0.15, -0.1) is 0 Å². The maximum absolute atomic E-state index is 14.0. The molecule has 152 valence electrons. The molecular formula is C20H20ClFN4O3. The maximum atomic E-state index is 14.0. The number of halogens is 2. The van der Waals surface area contributed by atoms with Crippen molar-refractivity contribution in [2.24, 2.45) is 10.9 Å². The number of hydrogen-bond acceptors (Lipinski definition) is 5. The van der Waals surface area contributed by atoms with Crippen LogP contribution in [-0.4, -0.2) is 42.6 Å². The Morgan fingerprint density at radius 1 is 1.31 bits per heavy atom. The zero-order chi connectivity index (χ0) is 20.4. The zero-order valence-electron chi connectivity index (χ0n) is 15.5. The molecule has 2 aromatic rings. The fourth-order valence-corrected chi connectivity index (χ4v) is 3.75. The predicted octanol–water partition coefficient (Wildman–Crippen LogP) is 1.49. The molecule has 2 atom stereocenters. The number of aliphatic imine (C=N–C) groups is 1. The van der Waals surface area contributed by atoms with Crippen LogP contribution >= 0.6 is 11.6 Å². The minimum absolute atomic E-state index is 0.0221. The van der Waals surface area contributed by atoms with Crippen molar-refractivity contribution in [3.05, 3.63) is 68.8 Å². The molecule has 0 radical (unpaired) electrons. The lowest BCUT2D eigenvalue weighted by atomic mass is 9.95. The molecule has 4 rings (SSSR count). The first-order valence-electron chi connectivity index (χ1n) is 9.34. The highest BCUT2D eigenvalue weighted by atomic mass is 35.5. The smallest absolute Gasteiger partial charge is 0.261 e. The standard InChI is InChI=1S/C20H20ClFN4O3/c21-15-4-3-12(8-16(15)22)18-13(9-23-5-7-29-18)11-26-6-1-2-14(20(26)28)19-24-10-17(27)25-19/h1-4,6,8,13,18,23H,5,7,9-11H2,(H,24,25,27)/t13-,18-/m0/s1. The summed E-state index contributed by atoms with van der Waals surface area (Å²) in [5.41, 5.74) is 0.769. The van der Waals surface area contributed by atoms with E-state index < -0.39 is 11.9 Å². The van der Waals surface area contributed by atoms with Gasteiger partial charge in [0, 0.05) is 31.7 Å². The zero-order valence-corrected chi connectivity index (χ0v) is 16.3. The number of aromatic nitrogens is 1. The van der Waals surface area contributed by atoms with Crippen LogP contribution in [0.15, 0.2) is 46.3 Å². The molecule has 1 fully saturated rings. The topological polar surface area (TPSA) is 84.7 Å². The summed E-state index contributed by atoms with van der Waals surface area (Å²) in [5, 5.41) is 5.96. The molecule has 29 heavy (non-hydrogen) atoms. The number of amides is 1. The molecular weight excluding hydrogens is 399 g/mol. The molecule has 2 aliphatic heterocycles. The van der Waals surface area contributed by atoms with Crippen LogP contribution in [0.1, 0.15) is 17.2 Å². The number of benzene rings is 1. The third kappa shape index (κ3) is 4.24. The summed E-state index contributed by atoms with van der Waals surface area (Å²) in [5.74, 6) is -0.564. The molecule has 1 saturated heterocycles. The van der Waals surface area contributed by atoms with Gasteiger partial charge in [0.05, 0.1) is 23.3 Å². The largest absolute Gasteiger partial charge is 0.372 e. The Morgan fingerprint density at radius 3 is 2.93 bits per heavy atom. The van der Waals surface area contributed by atoms with Crippen LogP contribution in [-0.2, 0) is 16.1 Å². The Morgan fingerprint density at radius 2 is 2.17 bits per heavy atom. The number of nitrogens with zero attached hydrogens (tertiary/aromatic N) is 2. The maximum Gasteiger partial charge on any atom is 0.261 e. The molecule has 9 heteroatoms. The lowest BCUT2D eigenvalue weighted by Crippen LogP contribution is -2.36. The second kappa shape index (κ2) is 8.44. The van der Waals surface area contributed by atoms with Gasteiger partial charge in [0.25, 0.3) is 5.56 Å². The molecule has 2 aliphatic rings. The summed E-state index contributed by atoms with van der Waals surface area (Å²) in [6.07, 6.45) is 1.30. The molecule has 0 saturated carbocycles. The fourth-order valence-electron chi connectivity index (χ4n) is 3.63. The Kier molecular flexibility index (Phi) is 5.75. The molecule has 0 spiro atoms. The number of nitrogens with one attached hydrogen (secondary N) is 2. The monoisotopic (exact) mass is 418 g/mol. The summed E-state index contributed by atoms with van der Waals surface area (Å²) in [7, 11) is 0. The Hall–Kier alpha value is -2.55. The van der Waals surface area contributed by atoms with Crippen molar-refractivity contribution in [1.29, 1.82) is 0 Å². The van der Waals surface area contributed by atoms with Crippen LogP contribution in [0.25, 0.3) is 0 Å². The summed E-state index contributed by atoms with van der Waals surface area (Å²) in [6, 6.07) is 8.02. The molecule has 1 aromatic heterocycles. The van der Waals surface area contributed by atoms with Gasteiger partial charge >= 0.3 is 0 Å². The van der Waals surface area contributed by atoms with Crippen molar-refractivity contribution in [3.63, 3.8) is 0 Å². The van der Waals surface area contributed by atoms with E-state index in [4.69, 9.17) is 16.3 Å². The highest BCUT2D eigenvalue weighted by molar-refractivity contribution is 6.30. The van der Waals surface area contributed by atoms with Gasteiger partial charge in [0.1, 0.15) is 18.2 Å². The number of rotatable bonds is 4. The number of carbonyl (C=O) groups excluding carboxylic acids is 1. The van der Waals surface area contributed by atoms with Crippen molar-refractivity contribution in [1.82, 2.24) is 15.2 Å². The van der Waals surface area contributed by atoms with Crippen molar-refractivity contribution in [2.45, 2.75) is 12.6 Å². The molecule has 2 N–H and O–H groups in total. The van der Waals surface area contributed by atoms with Crippen molar-refractivity contribution < 1.29 is 13.9 Å². The minimum Gasteiger partial charge on any atom is -0.372 e. The second-order valence-corrected chi connectivity index (χ2v) is 7.43. The minimum atomic E-state index is -0.502. The molecule has 1 aromatic carbocycles. The molecule has 0 unspecified atom stereocenters. The van der Waals surface area contributed by atoms with Crippen LogP contribution in [0.5, 0.6) is 0 Å². The average Bonchev–Trinajstić information content (AvgIpc) is 3.00. The number of amidine groups is 1. The van der Waals surface area contributed by atoms with E-state index in [9.17, 15) is 14.0 Å². The van der Waals surface area contributed by atoms with Crippen LogP contribution in [0, 0.1) is 11.7 Å². The van der Waals surface area contributed by atoms with Crippen LogP contribution in [0.2, 0.25) is 5.02 Å².